The Kier molecular flexibility index (Phi) is 4.08. The summed E-state index contributed by atoms with van der Waals surface area (Å²) in [5.74, 6) is 1.42. The Labute approximate surface area is 111 Å². The van der Waals surface area contributed by atoms with Crippen molar-refractivity contribution in [1.82, 2.24) is 5.32 Å². The molecule has 104 valence electrons. The molecular weight excluding hydrogens is 268 g/mol. The van der Waals surface area contributed by atoms with Crippen LogP contribution in [0.25, 0.3) is 0 Å². The van der Waals surface area contributed by atoms with Crippen LogP contribution >= 0.6 is 0 Å². The SMILES string of the molecule is CC(Cc1ccco1)NCc1ccc(S(N)(=O)=O)o1. The summed E-state index contributed by atoms with van der Waals surface area (Å²) >= 11 is 0. The van der Waals surface area contributed by atoms with Crippen LogP contribution in [0.4, 0.5) is 0 Å². The lowest BCUT2D eigenvalue weighted by Gasteiger charge is -2.10. The maximum atomic E-state index is 11.0. The Balaban J connectivity index is 1.87. The lowest BCUT2D eigenvalue weighted by molar-refractivity contribution is 0.385. The Morgan fingerprint density at radius 1 is 1.32 bits per heavy atom. The van der Waals surface area contributed by atoms with Gasteiger partial charge in [0.25, 0.3) is 10.0 Å². The van der Waals surface area contributed by atoms with Crippen LogP contribution in [0.3, 0.4) is 0 Å². The minimum Gasteiger partial charge on any atom is -0.469 e. The number of hydrogen-bond donors (Lipinski definition) is 2. The largest absolute Gasteiger partial charge is 0.469 e. The molecule has 3 N–H and O–H groups in total. The highest BCUT2D eigenvalue weighted by Crippen LogP contribution is 2.12. The molecule has 2 aromatic rings. The predicted molar refractivity (Wildman–Crippen MR) is 68.8 cm³/mol. The Hall–Kier alpha value is -1.57. The van der Waals surface area contributed by atoms with Crippen LogP contribution in [0.1, 0.15) is 18.4 Å². The molecule has 0 aromatic carbocycles. The van der Waals surface area contributed by atoms with E-state index in [1.54, 1.807) is 12.3 Å². The second-order valence-electron chi connectivity index (χ2n) is 4.33. The van der Waals surface area contributed by atoms with Crippen LogP contribution in [-0.4, -0.2) is 14.5 Å². The van der Waals surface area contributed by atoms with Crippen molar-refractivity contribution < 1.29 is 17.3 Å². The summed E-state index contributed by atoms with van der Waals surface area (Å²) in [6.45, 7) is 2.43. The van der Waals surface area contributed by atoms with Crippen molar-refractivity contribution in [2.75, 3.05) is 0 Å². The smallest absolute Gasteiger partial charge is 0.271 e. The summed E-state index contributed by atoms with van der Waals surface area (Å²) in [6, 6.07) is 6.86. The van der Waals surface area contributed by atoms with Gasteiger partial charge in [-0.15, -0.1) is 0 Å². The lowest BCUT2D eigenvalue weighted by Crippen LogP contribution is -2.27. The van der Waals surface area contributed by atoms with Crippen molar-refractivity contribution in [2.45, 2.75) is 31.0 Å². The van der Waals surface area contributed by atoms with Crippen molar-refractivity contribution in [1.29, 1.82) is 0 Å². The zero-order valence-corrected chi connectivity index (χ0v) is 11.3. The number of sulfonamides is 1. The van der Waals surface area contributed by atoms with E-state index < -0.39 is 10.0 Å². The molecule has 1 unspecified atom stereocenters. The number of nitrogens with one attached hydrogen (secondary N) is 1. The van der Waals surface area contributed by atoms with Gasteiger partial charge in [-0.05, 0) is 31.2 Å². The minimum atomic E-state index is -3.77. The standard InChI is InChI=1S/C12H16N2O4S/c1-9(7-10-3-2-6-17-10)14-8-11-4-5-12(18-11)19(13,15)16/h2-6,9,14H,7-8H2,1H3,(H2,13,15,16). The summed E-state index contributed by atoms with van der Waals surface area (Å²) in [6.07, 6.45) is 2.38. The van der Waals surface area contributed by atoms with Gasteiger partial charge in [-0.25, -0.2) is 13.6 Å². The molecule has 2 rings (SSSR count). The van der Waals surface area contributed by atoms with Crippen LogP contribution in [0, 0.1) is 0 Å². The second-order valence-corrected chi connectivity index (χ2v) is 5.82. The molecule has 2 aromatic heterocycles. The Morgan fingerprint density at radius 2 is 2.11 bits per heavy atom. The summed E-state index contributed by atoms with van der Waals surface area (Å²) < 4.78 is 32.5. The van der Waals surface area contributed by atoms with Gasteiger partial charge in [0, 0.05) is 12.5 Å². The van der Waals surface area contributed by atoms with Gasteiger partial charge in [0.05, 0.1) is 12.8 Å². The molecule has 0 aliphatic carbocycles. The zero-order chi connectivity index (χ0) is 13.9. The molecule has 19 heavy (non-hydrogen) atoms. The fraction of sp³-hybridized carbons (Fsp3) is 0.333. The molecule has 6 nitrogen and oxygen atoms in total. The van der Waals surface area contributed by atoms with Gasteiger partial charge >= 0.3 is 0 Å². The highest BCUT2D eigenvalue weighted by atomic mass is 32.2. The quantitative estimate of drug-likeness (QED) is 0.831. The van der Waals surface area contributed by atoms with E-state index in [4.69, 9.17) is 14.0 Å². The number of primary sulfonamides is 1. The number of hydrogen-bond acceptors (Lipinski definition) is 5. The molecule has 1 atom stereocenters. The topological polar surface area (TPSA) is 98.5 Å². The van der Waals surface area contributed by atoms with E-state index in [1.807, 2.05) is 19.1 Å². The summed E-state index contributed by atoms with van der Waals surface area (Å²) in [5, 5.41) is 7.96. The van der Waals surface area contributed by atoms with Crippen molar-refractivity contribution in [2.24, 2.45) is 5.14 Å². The van der Waals surface area contributed by atoms with Crippen molar-refractivity contribution in [3.63, 3.8) is 0 Å². The van der Waals surface area contributed by atoms with Gasteiger partial charge in [0.2, 0.25) is 5.09 Å². The molecule has 0 aliphatic heterocycles. The van der Waals surface area contributed by atoms with Gasteiger partial charge in [-0.2, -0.15) is 0 Å². The van der Waals surface area contributed by atoms with Crippen molar-refractivity contribution in [3.05, 3.63) is 42.0 Å². The molecule has 0 saturated heterocycles. The van der Waals surface area contributed by atoms with Gasteiger partial charge in [-0.1, -0.05) is 0 Å². The molecule has 0 fully saturated rings. The highest BCUT2D eigenvalue weighted by Gasteiger charge is 2.13. The van der Waals surface area contributed by atoms with Gasteiger partial charge in [0.1, 0.15) is 11.5 Å². The Bertz CT molecular complexity index is 616. The van der Waals surface area contributed by atoms with Gasteiger partial charge in [0.15, 0.2) is 0 Å². The van der Waals surface area contributed by atoms with E-state index in [9.17, 15) is 8.42 Å². The fourth-order valence-electron chi connectivity index (χ4n) is 1.68. The third-order valence-corrected chi connectivity index (χ3v) is 3.41. The molecule has 0 radical (unpaired) electrons. The minimum absolute atomic E-state index is 0.175. The van der Waals surface area contributed by atoms with E-state index in [0.717, 1.165) is 12.2 Å². The van der Waals surface area contributed by atoms with Crippen LogP contribution < -0.4 is 10.5 Å². The van der Waals surface area contributed by atoms with E-state index in [1.165, 1.54) is 6.07 Å². The van der Waals surface area contributed by atoms with Crippen LogP contribution in [-0.2, 0) is 23.0 Å². The number of rotatable bonds is 6. The first kappa shape index (κ1) is 13.9. The first-order valence-corrected chi connectivity index (χ1v) is 7.37. The van der Waals surface area contributed by atoms with E-state index in [0.29, 0.717) is 12.3 Å². The zero-order valence-electron chi connectivity index (χ0n) is 10.5. The molecule has 0 bridgehead atoms. The highest BCUT2D eigenvalue weighted by molar-refractivity contribution is 7.89. The van der Waals surface area contributed by atoms with E-state index >= 15 is 0 Å². The van der Waals surface area contributed by atoms with E-state index in [-0.39, 0.29) is 11.1 Å². The molecular formula is C12H16N2O4S. The molecule has 0 amide bonds. The fourth-order valence-corrected chi connectivity index (χ4v) is 2.16. The first-order chi connectivity index (χ1) is 8.95. The van der Waals surface area contributed by atoms with Crippen LogP contribution in [0.2, 0.25) is 0 Å². The predicted octanol–water partition coefficient (Wildman–Crippen LogP) is 1.24. The second kappa shape index (κ2) is 5.60. The van der Waals surface area contributed by atoms with E-state index in [2.05, 4.69) is 5.32 Å². The molecule has 7 heteroatoms. The van der Waals surface area contributed by atoms with Crippen LogP contribution in [0.15, 0.2) is 44.5 Å². The number of furan rings is 2. The third kappa shape index (κ3) is 3.95. The maximum absolute atomic E-state index is 11.0. The Morgan fingerprint density at radius 3 is 2.68 bits per heavy atom. The normalized spacial score (nSPS) is 13.6. The molecule has 0 spiro atoms. The van der Waals surface area contributed by atoms with Crippen LogP contribution in [0.5, 0.6) is 0 Å². The molecule has 0 aliphatic rings. The molecule has 2 heterocycles. The monoisotopic (exact) mass is 284 g/mol. The maximum Gasteiger partial charge on any atom is 0.271 e. The first-order valence-electron chi connectivity index (χ1n) is 5.82. The molecule has 0 saturated carbocycles. The summed E-state index contributed by atoms with van der Waals surface area (Å²) in [5.41, 5.74) is 0. The number of nitrogens with two attached hydrogens (primary N) is 1. The summed E-state index contributed by atoms with van der Waals surface area (Å²) in [4.78, 5) is 0. The summed E-state index contributed by atoms with van der Waals surface area (Å²) in [7, 11) is -3.77. The lowest BCUT2D eigenvalue weighted by atomic mass is 10.2. The third-order valence-electron chi connectivity index (χ3n) is 2.63. The van der Waals surface area contributed by atoms with Gasteiger partial charge < -0.3 is 14.2 Å². The van der Waals surface area contributed by atoms with Gasteiger partial charge in [-0.3, -0.25) is 0 Å². The average Bonchev–Trinajstić information content (AvgIpc) is 2.95. The van der Waals surface area contributed by atoms with Crippen molar-refractivity contribution >= 4 is 10.0 Å². The van der Waals surface area contributed by atoms with Crippen molar-refractivity contribution in [3.8, 4) is 0 Å². The average molecular weight is 284 g/mol.